The average molecular weight is 352 g/mol. The number of nitrogens with zero attached hydrogens (tertiary/aromatic N) is 2. The van der Waals surface area contributed by atoms with Gasteiger partial charge < -0.3 is 5.32 Å². The number of aromatic nitrogens is 2. The minimum atomic E-state index is 0.645. The fourth-order valence-electron chi connectivity index (χ4n) is 4.63. The molecule has 2 fully saturated rings. The fraction of sp³-hybridized carbons (Fsp3) is 0.824. The predicted octanol–water partition coefficient (Wildman–Crippen LogP) is 4.93. The van der Waals surface area contributed by atoms with Gasteiger partial charge in [-0.1, -0.05) is 44.9 Å². The van der Waals surface area contributed by atoms with E-state index in [0.29, 0.717) is 6.04 Å². The summed E-state index contributed by atoms with van der Waals surface area (Å²) < 4.78 is 3.58. The maximum Gasteiger partial charge on any atom is 0.139 e. The fourth-order valence-corrected chi connectivity index (χ4v) is 5.19. The van der Waals surface area contributed by atoms with Crippen LogP contribution in [0, 0.1) is 11.8 Å². The number of halogens is 1. The lowest BCUT2D eigenvalue weighted by molar-refractivity contribution is 0.221. The van der Waals surface area contributed by atoms with Gasteiger partial charge in [-0.15, -0.1) is 0 Å². The van der Waals surface area contributed by atoms with Gasteiger partial charge in [0.2, 0.25) is 0 Å². The third-order valence-electron chi connectivity index (χ3n) is 5.84. The van der Waals surface area contributed by atoms with Crippen molar-refractivity contribution >= 4 is 21.7 Å². The lowest BCUT2D eigenvalue weighted by atomic mass is 9.83. The molecule has 1 aliphatic heterocycles. The molecule has 2 unspecified atom stereocenters. The van der Waals surface area contributed by atoms with Crippen LogP contribution in [-0.4, -0.2) is 16.3 Å². The number of hydrogen-bond acceptors (Lipinski definition) is 2. The summed E-state index contributed by atoms with van der Waals surface area (Å²) in [5.41, 5.74) is 1.30. The average Bonchev–Trinajstić information content (AvgIpc) is 2.85. The molecule has 2 atom stereocenters. The van der Waals surface area contributed by atoms with Crippen LogP contribution < -0.4 is 5.32 Å². The van der Waals surface area contributed by atoms with Gasteiger partial charge in [0.25, 0.3) is 0 Å². The second-order valence-corrected chi connectivity index (χ2v) is 8.05. The summed E-state index contributed by atoms with van der Waals surface area (Å²) in [5.74, 6) is 2.90. The van der Waals surface area contributed by atoms with Gasteiger partial charge in [-0.3, -0.25) is 0 Å². The Morgan fingerprint density at radius 3 is 2.67 bits per heavy atom. The van der Waals surface area contributed by atoms with Gasteiger partial charge in [0.1, 0.15) is 5.82 Å². The molecule has 2 saturated carbocycles. The Bertz CT molecular complexity index is 504. The van der Waals surface area contributed by atoms with Crippen LogP contribution in [0.3, 0.4) is 0 Å². The molecule has 116 valence electrons. The molecule has 1 aromatic heterocycles. The molecule has 3 aliphatic rings. The van der Waals surface area contributed by atoms with E-state index in [1.807, 2.05) is 0 Å². The van der Waals surface area contributed by atoms with E-state index in [9.17, 15) is 0 Å². The zero-order valence-electron chi connectivity index (χ0n) is 12.8. The van der Waals surface area contributed by atoms with Gasteiger partial charge >= 0.3 is 0 Å². The lowest BCUT2D eigenvalue weighted by Gasteiger charge is -2.37. The highest BCUT2D eigenvalue weighted by Gasteiger charge is 2.34. The standard InChI is InChI=1S/C17H26BrN3/c18-16-14(10-12-6-2-1-3-7-12)20-21-15-9-5-4-8-13(15)11-19-17(16)21/h12-13,15,19H,1-11H2. The van der Waals surface area contributed by atoms with Gasteiger partial charge in [-0.05, 0) is 47.0 Å². The van der Waals surface area contributed by atoms with Crippen molar-refractivity contribution in [2.45, 2.75) is 70.3 Å². The topological polar surface area (TPSA) is 29.9 Å². The van der Waals surface area contributed by atoms with E-state index in [1.54, 1.807) is 0 Å². The minimum absolute atomic E-state index is 0.645. The SMILES string of the molecule is Brc1c(CC2CCCCC2)nn2c1NCC1CCCCC12. The van der Waals surface area contributed by atoms with Crippen LogP contribution in [0.25, 0.3) is 0 Å². The monoisotopic (exact) mass is 351 g/mol. The highest BCUT2D eigenvalue weighted by Crippen LogP contribution is 2.42. The van der Waals surface area contributed by atoms with E-state index in [0.717, 1.165) is 18.4 Å². The van der Waals surface area contributed by atoms with E-state index in [-0.39, 0.29) is 0 Å². The molecule has 3 nitrogen and oxygen atoms in total. The quantitative estimate of drug-likeness (QED) is 0.818. The first-order valence-electron chi connectivity index (χ1n) is 8.83. The summed E-state index contributed by atoms with van der Waals surface area (Å²) >= 11 is 3.83. The molecule has 2 heterocycles. The molecular formula is C17H26BrN3. The summed E-state index contributed by atoms with van der Waals surface area (Å²) in [6.07, 6.45) is 13.7. The first kappa shape index (κ1) is 14.1. The molecule has 4 heteroatoms. The normalized spacial score (nSPS) is 29.6. The van der Waals surface area contributed by atoms with Crippen molar-refractivity contribution in [3.63, 3.8) is 0 Å². The van der Waals surface area contributed by atoms with Crippen molar-refractivity contribution in [3.05, 3.63) is 10.2 Å². The van der Waals surface area contributed by atoms with Crippen LogP contribution in [0.1, 0.15) is 69.5 Å². The molecule has 0 spiro atoms. The van der Waals surface area contributed by atoms with Crippen molar-refractivity contribution in [3.8, 4) is 0 Å². The molecule has 4 rings (SSSR count). The summed E-state index contributed by atoms with van der Waals surface area (Å²) in [6, 6.07) is 0.645. The van der Waals surface area contributed by atoms with E-state index in [1.165, 1.54) is 80.2 Å². The van der Waals surface area contributed by atoms with E-state index in [4.69, 9.17) is 5.10 Å². The molecule has 21 heavy (non-hydrogen) atoms. The van der Waals surface area contributed by atoms with Crippen LogP contribution >= 0.6 is 15.9 Å². The van der Waals surface area contributed by atoms with E-state index < -0.39 is 0 Å². The highest BCUT2D eigenvalue weighted by molar-refractivity contribution is 9.10. The zero-order valence-corrected chi connectivity index (χ0v) is 14.4. The van der Waals surface area contributed by atoms with Crippen LogP contribution in [-0.2, 0) is 6.42 Å². The molecule has 0 amide bonds. The van der Waals surface area contributed by atoms with Gasteiger partial charge in [0.15, 0.2) is 0 Å². The number of rotatable bonds is 2. The Balaban J connectivity index is 1.57. The first-order valence-corrected chi connectivity index (χ1v) is 9.63. The smallest absolute Gasteiger partial charge is 0.139 e. The Hall–Kier alpha value is -0.510. The van der Waals surface area contributed by atoms with E-state index >= 15 is 0 Å². The summed E-state index contributed by atoms with van der Waals surface area (Å²) in [6.45, 7) is 1.14. The largest absolute Gasteiger partial charge is 0.369 e. The molecule has 1 aromatic rings. The van der Waals surface area contributed by atoms with Gasteiger partial charge in [-0.25, -0.2) is 4.68 Å². The maximum absolute atomic E-state index is 5.04. The second-order valence-electron chi connectivity index (χ2n) is 7.25. The Kier molecular flexibility index (Phi) is 3.99. The third kappa shape index (κ3) is 2.64. The number of nitrogens with one attached hydrogen (secondary N) is 1. The highest BCUT2D eigenvalue weighted by atomic mass is 79.9. The molecule has 2 aliphatic carbocycles. The molecule has 1 N–H and O–H groups in total. The molecule has 0 radical (unpaired) electrons. The number of anilines is 1. The van der Waals surface area contributed by atoms with Crippen LogP contribution in [0.4, 0.5) is 5.82 Å². The molecule has 0 saturated heterocycles. The van der Waals surface area contributed by atoms with Gasteiger partial charge in [0, 0.05) is 6.54 Å². The van der Waals surface area contributed by atoms with Gasteiger partial charge in [0.05, 0.1) is 16.2 Å². The number of fused-ring (bicyclic) bond motifs is 3. The van der Waals surface area contributed by atoms with Crippen LogP contribution in [0.5, 0.6) is 0 Å². The molecular weight excluding hydrogens is 326 g/mol. The van der Waals surface area contributed by atoms with Crippen LogP contribution in [0.2, 0.25) is 0 Å². The van der Waals surface area contributed by atoms with Crippen molar-refractivity contribution < 1.29 is 0 Å². The predicted molar refractivity (Wildman–Crippen MR) is 89.7 cm³/mol. The Morgan fingerprint density at radius 1 is 1.05 bits per heavy atom. The Labute approximate surface area is 136 Å². The second kappa shape index (κ2) is 5.94. The molecule has 0 aromatic carbocycles. The third-order valence-corrected chi connectivity index (χ3v) is 6.67. The van der Waals surface area contributed by atoms with Gasteiger partial charge in [-0.2, -0.15) is 5.10 Å². The maximum atomic E-state index is 5.04. The lowest BCUT2D eigenvalue weighted by Crippen LogP contribution is -2.35. The minimum Gasteiger partial charge on any atom is -0.369 e. The van der Waals surface area contributed by atoms with Crippen LogP contribution in [0.15, 0.2) is 4.47 Å². The summed E-state index contributed by atoms with van der Waals surface area (Å²) in [5, 5.41) is 8.68. The summed E-state index contributed by atoms with van der Waals surface area (Å²) in [4.78, 5) is 0. The number of hydrogen-bond donors (Lipinski definition) is 1. The van der Waals surface area contributed by atoms with Crippen molar-refractivity contribution in [2.24, 2.45) is 11.8 Å². The van der Waals surface area contributed by atoms with Crippen molar-refractivity contribution in [1.29, 1.82) is 0 Å². The van der Waals surface area contributed by atoms with Crippen molar-refractivity contribution in [2.75, 3.05) is 11.9 Å². The van der Waals surface area contributed by atoms with E-state index in [2.05, 4.69) is 25.9 Å². The van der Waals surface area contributed by atoms with Crippen molar-refractivity contribution in [1.82, 2.24) is 9.78 Å². The zero-order chi connectivity index (χ0) is 14.2. The first-order chi connectivity index (χ1) is 10.3. The Morgan fingerprint density at radius 2 is 1.81 bits per heavy atom. The summed E-state index contributed by atoms with van der Waals surface area (Å²) in [7, 11) is 0. The molecule has 0 bridgehead atoms.